The Labute approximate surface area is 188 Å². The van der Waals surface area contributed by atoms with Gasteiger partial charge in [0, 0.05) is 18.6 Å². The summed E-state index contributed by atoms with van der Waals surface area (Å²) in [6.45, 7) is 9.34. The molecule has 31 heavy (non-hydrogen) atoms. The lowest BCUT2D eigenvalue weighted by molar-refractivity contribution is -0.0357. The molecule has 2 N–H and O–H groups in total. The summed E-state index contributed by atoms with van der Waals surface area (Å²) in [5, 5.41) is 20.0. The molecule has 1 saturated heterocycles. The molecule has 1 unspecified atom stereocenters. The molecule has 0 aromatic carbocycles. The Bertz CT molecular complexity index is 714. The number of aliphatic hydroxyl groups excluding tert-OH is 2. The normalized spacial score (nSPS) is 42.6. The largest absolute Gasteiger partial charge is 0.393 e. The summed E-state index contributed by atoms with van der Waals surface area (Å²) < 4.78 is 5.81. The molecule has 0 aromatic heterocycles. The fourth-order valence-corrected chi connectivity index (χ4v) is 7.87. The van der Waals surface area contributed by atoms with E-state index in [-0.39, 0.29) is 12.2 Å². The third-order valence-electron chi connectivity index (χ3n) is 9.68. The zero-order valence-electron chi connectivity index (χ0n) is 19.7. The van der Waals surface area contributed by atoms with Crippen molar-refractivity contribution in [2.24, 2.45) is 23.2 Å². The van der Waals surface area contributed by atoms with Crippen molar-refractivity contribution in [3.63, 3.8) is 0 Å². The second-order valence-corrected chi connectivity index (χ2v) is 11.8. The van der Waals surface area contributed by atoms with Gasteiger partial charge in [-0.25, -0.2) is 0 Å². The summed E-state index contributed by atoms with van der Waals surface area (Å²) in [7, 11) is 0. The summed E-state index contributed by atoms with van der Waals surface area (Å²) in [5.74, 6) is 2.27. The van der Waals surface area contributed by atoms with Crippen molar-refractivity contribution in [1.29, 1.82) is 0 Å². The molecule has 0 aromatic rings. The maximum Gasteiger partial charge on any atom is 0.0651 e. The number of morpholine rings is 1. The van der Waals surface area contributed by atoms with E-state index in [2.05, 4.69) is 30.9 Å². The highest BCUT2D eigenvalue weighted by Gasteiger charge is 2.53. The molecule has 1 spiro atoms. The maximum absolute atomic E-state index is 10.0. The van der Waals surface area contributed by atoms with E-state index in [1.54, 1.807) is 5.57 Å². The first-order valence-corrected chi connectivity index (χ1v) is 13.0. The highest BCUT2D eigenvalue weighted by Crippen LogP contribution is 2.59. The first-order chi connectivity index (χ1) is 14.9. The molecular formula is C27H43NO3. The molecule has 6 atom stereocenters. The van der Waals surface area contributed by atoms with Gasteiger partial charge in [0.25, 0.3) is 0 Å². The van der Waals surface area contributed by atoms with E-state index in [1.807, 2.05) is 0 Å². The number of fused-ring (bicyclic) bond motifs is 1. The van der Waals surface area contributed by atoms with Gasteiger partial charge in [-0.1, -0.05) is 37.1 Å². The Balaban J connectivity index is 1.28. The second kappa shape index (κ2) is 8.59. The van der Waals surface area contributed by atoms with Crippen LogP contribution in [0, 0.1) is 23.2 Å². The van der Waals surface area contributed by atoms with Crippen LogP contribution >= 0.6 is 0 Å². The molecule has 0 amide bonds. The minimum Gasteiger partial charge on any atom is -0.393 e. The van der Waals surface area contributed by atoms with Crippen molar-refractivity contribution in [2.75, 3.05) is 26.3 Å². The average Bonchev–Trinajstić information content (AvgIpc) is 3.39. The Hall–Kier alpha value is -0.680. The van der Waals surface area contributed by atoms with Gasteiger partial charge in [-0.15, -0.1) is 0 Å². The van der Waals surface area contributed by atoms with E-state index in [4.69, 9.17) is 4.74 Å². The van der Waals surface area contributed by atoms with Crippen molar-refractivity contribution in [3.05, 3.63) is 23.3 Å². The van der Waals surface area contributed by atoms with Gasteiger partial charge >= 0.3 is 0 Å². The molecule has 4 saturated carbocycles. The highest BCUT2D eigenvalue weighted by atomic mass is 16.5. The van der Waals surface area contributed by atoms with Crippen molar-refractivity contribution in [3.8, 4) is 0 Å². The van der Waals surface area contributed by atoms with Gasteiger partial charge in [-0.05, 0) is 87.4 Å². The Morgan fingerprint density at radius 1 is 1.13 bits per heavy atom. The zero-order chi connectivity index (χ0) is 21.6. The molecule has 4 heteroatoms. The van der Waals surface area contributed by atoms with E-state index in [0.717, 1.165) is 44.4 Å². The first-order valence-electron chi connectivity index (χ1n) is 13.0. The predicted molar refractivity (Wildman–Crippen MR) is 124 cm³/mol. The van der Waals surface area contributed by atoms with Crippen LogP contribution in [0.25, 0.3) is 0 Å². The Kier molecular flexibility index (Phi) is 6.13. The molecule has 1 aliphatic heterocycles. The minimum atomic E-state index is -0.378. The van der Waals surface area contributed by atoms with Crippen molar-refractivity contribution < 1.29 is 14.9 Å². The van der Waals surface area contributed by atoms with Crippen molar-refractivity contribution in [1.82, 2.24) is 4.90 Å². The molecule has 5 aliphatic rings. The van der Waals surface area contributed by atoms with Crippen LogP contribution in [0.1, 0.15) is 78.1 Å². The van der Waals surface area contributed by atoms with Crippen LogP contribution in [0.5, 0.6) is 0 Å². The lowest BCUT2D eigenvalue weighted by Gasteiger charge is -2.46. The van der Waals surface area contributed by atoms with Gasteiger partial charge in [0.2, 0.25) is 0 Å². The van der Waals surface area contributed by atoms with Gasteiger partial charge < -0.3 is 14.9 Å². The molecule has 1 heterocycles. The number of hydrogen-bond acceptors (Lipinski definition) is 4. The quantitative estimate of drug-likeness (QED) is 0.693. The first kappa shape index (κ1) is 22.1. The number of rotatable bonds is 4. The summed E-state index contributed by atoms with van der Waals surface area (Å²) in [6, 6.07) is 0. The lowest BCUT2D eigenvalue weighted by atomic mass is 9.61. The van der Waals surface area contributed by atoms with Crippen LogP contribution in [0.4, 0.5) is 0 Å². The van der Waals surface area contributed by atoms with Gasteiger partial charge in [0.15, 0.2) is 0 Å². The van der Waals surface area contributed by atoms with E-state index < -0.39 is 0 Å². The number of nitrogens with zero attached hydrogens (tertiary/aromatic N) is 1. The van der Waals surface area contributed by atoms with Crippen LogP contribution in [0.15, 0.2) is 23.3 Å². The van der Waals surface area contributed by atoms with E-state index in [9.17, 15) is 10.2 Å². The van der Waals surface area contributed by atoms with Crippen LogP contribution in [0.2, 0.25) is 0 Å². The van der Waals surface area contributed by atoms with E-state index >= 15 is 0 Å². The Morgan fingerprint density at radius 3 is 2.65 bits per heavy atom. The number of hydrogen-bond donors (Lipinski definition) is 2. The summed E-state index contributed by atoms with van der Waals surface area (Å²) >= 11 is 0. The molecule has 0 bridgehead atoms. The molecule has 5 fully saturated rings. The van der Waals surface area contributed by atoms with Gasteiger partial charge in [0.1, 0.15) is 0 Å². The molecule has 174 valence electrons. The standard InChI is InChI=1S/C27H43NO3/c1-19(17-28-12-13-31-18-27(28)10-11-27)24-7-8-25-21(4-3-9-26(24,25)2)6-5-20-14-22(29)16-23(30)15-20/h5-6,19,22-25,29-30H,3-4,7-18H2,1-2H3/b21-6+/t19?,22-,23-,24-,25+,26-/m1/s1. The number of allylic oxidation sites excluding steroid dienone is 3. The molecule has 0 radical (unpaired) electrons. The van der Waals surface area contributed by atoms with Crippen LogP contribution in [-0.2, 0) is 4.74 Å². The van der Waals surface area contributed by atoms with Crippen LogP contribution < -0.4 is 0 Å². The topological polar surface area (TPSA) is 52.9 Å². The predicted octanol–water partition coefficient (Wildman–Crippen LogP) is 4.46. The lowest BCUT2D eigenvalue weighted by Crippen LogP contribution is -2.50. The SMILES string of the molecule is CC(CN1CCOCC12CC2)[C@H]1CC[C@H]2/C(=C/C=C3C[C@@H](O)C[C@H](O)C3)CCC[C@]12C. The monoisotopic (exact) mass is 429 g/mol. The summed E-state index contributed by atoms with van der Waals surface area (Å²) in [6.07, 6.45) is 15.1. The van der Waals surface area contributed by atoms with Gasteiger partial charge in [-0.3, -0.25) is 4.90 Å². The smallest absolute Gasteiger partial charge is 0.0651 e. The third-order valence-corrected chi connectivity index (χ3v) is 9.68. The maximum atomic E-state index is 10.0. The zero-order valence-corrected chi connectivity index (χ0v) is 19.7. The van der Waals surface area contributed by atoms with Crippen LogP contribution in [0.3, 0.4) is 0 Å². The highest BCUT2D eigenvalue weighted by molar-refractivity contribution is 5.26. The molecular weight excluding hydrogens is 386 g/mol. The summed E-state index contributed by atoms with van der Waals surface area (Å²) in [4.78, 5) is 2.78. The van der Waals surface area contributed by atoms with Crippen molar-refractivity contribution in [2.45, 2.75) is 95.8 Å². The van der Waals surface area contributed by atoms with E-state index in [1.165, 1.54) is 57.1 Å². The fourth-order valence-electron chi connectivity index (χ4n) is 7.87. The molecule has 4 aliphatic carbocycles. The van der Waals surface area contributed by atoms with Crippen LogP contribution in [-0.4, -0.2) is 59.2 Å². The number of aliphatic hydroxyl groups is 2. The minimum absolute atomic E-state index is 0.378. The fraction of sp³-hybridized carbons (Fsp3) is 0.852. The Morgan fingerprint density at radius 2 is 1.90 bits per heavy atom. The second-order valence-electron chi connectivity index (χ2n) is 11.8. The number of ether oxygens (including phenoxy) is 1. The van der Waals surface area contributed by atoms with Gasteiger partial charge in [-0.2, -0.15) is 0 Å². The molecule has 4 nitrogen and oxygen atoms in total. The van der Waals surface area contributed by atoms with E-state index in [0.29, 0.717) is 23.3 Å². The third kappa shape index (κ3) is 4.30. The van der Waals surface area contributed by atoms with Crippen molar-refractivity contribution >= 4 is 0 Å². The summed E-state index contributed by atoms with van der Waals surface area (Å²) in [5.41, 5.74) is 3.67. The average molecular weight is 430 g/mol. The van der Waals surface area contributed by atoms with Gasteiger partial charge in [0.05, 0.1) is 25.4 Å². The molecule has 5 rings (SSSR count).